The maximum atomic E-state index is 12.7. The van der Waals surface area contributed by atoms with E-state index in [0.29, 0.717) is 29.4 Å². The van der Waals surface area contributed by atoms with E-state index in [1.54, 1.807) is 4.90 Å². The lowest BCUT2D eigenvalue weighted by atomic mass is 10.1. The van der Waals surface area contributed by atoms with Crippen LogP contribution in [0.15, 0.2) is 36.4 Å². The van der Waals surface area contributed by atoms with E-state index in [0.717, 1.165) is 16.7 Å². The number of rotatable bonds is 3. The third kappa shape index (κ3) is 3.54. The van der Waals surface area contributed by atoms with Gasteiger partial charge in [-0.15, -0.1) is 0 Å². The molecule has 1 unspecified atom stereocenters. The van der Waals surface area contributed by atoms with E-state index in [1.807, 2.05) is 57.2 Å². The Morgan fingerprint density at radius 2 is 1.88 bits per heavy atom. The van der Waals surface area contributed by atoms with Gasteiger partial charge in [-0.25, -0.2) is 0 Å². The number of benzene rings is 2. The van der Waals surface area contributed by atoms with Crippen molar-refractivity contribution in [2.45, 2.75) is 27.2 Å². The Balaban J connectivity index is 1.74. The third-order valence-electron chi connectivity index (χ3n) is 4.69. The van der Waals surface area contributed by atoms with E-state index in [4.69, 9.17) is 11.6 Å². The molecule has 1 fully saturated rings. The lowest BCUT2D eigenvalue weighted by Crippen LogP contribution is -2.33. The molecule has 2 aromatic rings. The zero-order chi connectivity index (χ0) is 18.1. The second kappa shape index (κ2) is 6.89. The number of anilines is 2. The second-order valence-corrected chi connectivity index (χ2v) is 6.98. The van der Waals surface area contributed by atoms with Gasteiger partial charge in [0.2, 0.25) is 11.8 Å². The Kier molecular flexibility index (Phi) is 4.82. The van der Waals surface area contributed by atoms with Gasteiger partial charge in [0, 0.05) is 12.2 Å². The van der Waals surface area contributed by atoms with Gasteiger partial charge in [-0.2, -0.15) is 0 Å². The summed E-state index contributed by atoms with van der Waals surface area (Å²) in [6, 6.07) is 11.3. The van der Waals surface area contributed by atoms with Crippen molar-refractivity contribution in [2.24, 2.45) is 5.92 Å². The molecule has 0 spiro atoms. The predicted molar refractivity (Wildman–Crippen MR) is 101 cm³/mol. The van der Waals surface area contributed by atoms with Gasteiger partial charge in [-0.3, -0.25) is 9.59 Å². The summed E-state index contributed by atoms with van der Waals surface area (Å²) in [5, 5.41) is 3.39. The van der Waals surface area contributed by atoms with Gasteiger partial charge in [-0.1, -0.05) is 23.7 Å². The van der Waals surface area contributed by atoms with Gasteiger partial charge < -0.3 is 10.2 Å². The summed E-state index contributed by atoms with van der Waals surface area (Å²) in [7, 11) is 0. The van der Waals surface area contributed by atoms with Gasteiger partial charge >= 0.3 is 0 Å². The molecule has 2 aromatic carbocycles. The van der Waals surface area contributed by atoms with E-state index in [2.05, 4.69) is 5.32 Å². The van der Waals surface area contributed by atoms with Crippen LogP contribution in [0.5, 0.6) is 0 Å². The fourth-order valence-corrected chi connectivity index (χ4v) is 3.38. The molecule has 3 rings (SSSR count). The van der Waals surface area contributed by atoms with Crippen LogP contribution in [0.2, 0.25) is 5.02 Å². The molecule has 1 saturated heterocycles. The standard InChI is InChI=1S/C20H21ClN2O2/c1-12-4-7-18(17(21)10-12)23-9-8-16(20(23)25)19(24)22-15-6-5-13(2)14(3)11-15/h4-7,10-11,16H,8-9H2,1-3H3,(H,22,24). The normalized spacial score (nSPS) is 17.0. The van der Waals surface area contributed by atoms with Crippen LogP contribution in [-0.2, 0) is 9.59 Å². The van der Waals surface area contributed by atoms with Crippen LogP contribution in [0.1, 0.15) is 23.1 Å². The number of aryl methyl sites for hydroxylation is 3. The lowest BCUT2D eigenvalue weighted by molar-refractivity contribution is -0.129. The summed E-state index contributed by atoms with van der Waals surface area (Å²) in [6.45, 7) is 6.45. The van der Waals surface area contributed by atoms with Gasteiger partial charge in [-0.05, 0) is 68.1 Å². The van der Waals surface area contributed by atoms with E-state index >= 15 is 0 Å². The molecule has 1 heterocycles. The molecule has 5 heteroatoms. The van der Waals surface area contributed by atoms with Crippen molar-refractivity contribution in [3.05, 3.63) is 58.1 Å². The van der Waals surface area contributed by atoms with Crippen LogP contribution >= 0.6 is 11.6 Å². The molecule has 1 N–H and O–H groups in total. The molecule has 2 amide bonds. The van der Waals surface area contributed by atoms with Gasteiger partial charge in [0.25, 0.3) is 0 Å². The van der Waals surface area contributed by atoms with E-state index in [1.165, 1.54) is 0 Å². The number of carbonyl (C=O) groups is 2. The Morgan fingerprint density at radius 3 is 2.56 bits per heavy atom. The highest BCUT2D eigenvalue weighted by Crippen LogP contribution is 2.32. The molecule has 0 bridgehead atoms. The Bertz CT molecular complexity index is 848. The zero-order valence-corrected chi connectivity index (χ0v) is 15.4. The van der Waals surface area contributed by atoms with Crippen molar-refractivity contribution in [1.82, 2.24) is 0 Å². The van der Waals surface area contributed by atoms with Gasteiger partial charge in [0.05, 0.1) is 10.7 Å². The summed E-state index contributed by atoms with van der Waals surface area (Å²) >= 11 is 6.27. The van der Waals surface area contributed by atoms with Gasteiger partial charge in [0.15, 0.2) is 0 Å². The summed E-state index contributed by atoms with van der Waals surface area (Å²) in [6.07, 6.45) is 0.486. The fraction of sp³-hybridized carbons (Fsp3) is 0.300. The summed E-state index contributed by atoms with van der Waals surface area (Å²) < 4.78 is 0. The molecule has 130 valence electrons. The van der Waals surface area contributed by atoms with Crippen molar-refractivity contribution >= 4 is 34.8 Å². The SMILES string of the molecule is Cc1ccc(N2CCC(C(=O)Nc3ccc(C)c(C)c3)C2=O)c(Cl)c1. The van der Waals surface area contributed by atoms with E-state index < -0.39 is 5.92 Å². The number of amides is 2. The highest BCUT2D eigenvalue weighted by molar-refractivity contribution is 6.34. The monoisotopic (exact) mass is 356 g/mol. The van der Waals surface area contributed by atoms with Crippen LogP contribution in [0.4, 0.5) is 11.4 Å². The van der Waals surface area contributed by atoms with Crippen molar-refractivity contribution < 1.29 is 9.59 Å². The highest BCUT2D eigenvalue weighted by Gasteiger charge is 2.38. The van der Waals surface area contributed by atoms with Crippen LogP contribution < -0.4 is 10.2 Å². The molecular formula is C20H21ClN2O2. The molecule has 0 aliphatic carbocycles. The van der Waals surface area contributed by atoms with Crippen molar-refractivity contribution in [2.75, 3.05) is 16.8 Å². The third-order valence-corrected chi connectivity index (χ3v) is 4.99. The van der Waals surface area contributed by atoms with Crippen LogP contribution in [-0.4, -0.2) is 18.4 Å². The Morgan fingerprint density at radius 1 is 1.12 bits per heavy atom. The molecular weight excluding hydrogens is 336 g/mol. The molecule has 0 radical (unpaired) electrons. The minimum atomic E-state index is -0.682. The number of halogens is 1. The lowest BCUT2D eigenvalue weighted by Gasteiger charge is -2.18. The Hall–Kier alpha value is -2.33. The molecule has 1 aliphatic heterocycles. The molecule has 0 aromatic heterocycles. The smallest absolute Gasteiger partial charge is 0.239 e. The van der Waals surface area contributed by atoms with Crippen LogP contribution in [0.25, 0.3) is 0 Å². The van der Waals surface area contributed by atoms with Crippen LogP contribution in [0.3, 0.4) is 0 Å². The largest absolute Gasteiger partial charge is 0.325 e. The predicted octanol–water partition coefficient (Wildman–Crippen LogP) is 4.26. The molecule has 4 nitrogen and oxygen atoms in total. The summed E-state index contributed by atoms with van der Waals surface area (Å²) in [4.78, 5) is 26.9. The first kappa shape index (κ1) is 17.5. The number of hydrogen-bond donors (Lipinski definition) is 1. The zero-order valence-electron chi connectivity index (χ0n) is 14.6. The first-order chi connectivity index (χ1) is 11.9. The van der Waals surface area contributed by atoms with Crippen LogP contribution in [0, 0.1) is 26.7 Å². The molecule has 1 atom stereocenters. The van der Waals surface area contributed by atoms with Crippen molar-refractivity contribution in [3.8, 4) is 0 Å². The van der Waals surface area contributed by atoms with E-state index in [9.17, 15) is 9.59 Å². The quantitative estimate of drug-likeness (QED) is 0.835. The molecule has 25 heavy (non-hydrogen) atoms. The van der Waals surface area contributed by atoms with Gasteiger partial charge in [0.1, 0.15) is 5.92 Å². The molecule has 1 aliphatic rings. The minimum absolute atomic E-state index is 0.202. The van der Waals surface area contributed by atoms with Crippen molar-refractivity contribution in [3.63, 3.8) is 0 Å². The Labute approximate surface area is 152 Å². The number of carbonyl (C=O) groups excluding carboxylic acids is 2. The number of hydrogen-bond acceptors (Lipinski definition) is 2. The topological polar surface area (TPSA) is 49.4 Å². The maximum Gasteiger partial charge on any atom is 0.239 e. The highest BCUT2D eigenvalue weighted by atomic mass is 35.5. The summed E-state index contributed by atoms with van der Waals surface area (Å²) in [5.74, 6) is -1.15. The van der Waals surface area contributed by atoms with E-state index in [-0.39, 0.29) is 11.8 Å². The number of nitrogens with zero attached hydrogens (tertiary/aromatic N) is 1. The number of nitrogens with one attached hydrogen (secondary N) is 1. The molecule has 0 saturated carbocycles. The minimum Gasteiger partial charge on any atom is -0.325 e. The summed E-state index contributed by atoms with van der Waals surface area (Å²) in [5.41, 5.74) is 4.68. The fourth-order valence-electron chi connectivity index (χ4n) is 3.04. The maximum absolute atomic E-state index is 12.7. The average molecular weight is 357 g/mol. The van der Waals surface area contributed by atoms with Crippen molar-refractivity contribution in [1.29, 1.82) is 0 Å². The average Bonchev–Trinajstić information content (AvgIpc) is 2.93. The first-order valence-electron chi connectivity index (χ1n) is 8.32. The second-order valence-electron chi connectivity index (χ2n) is 6.57. The first-order valence-corrected chi connectivity index (χ1v) is 8.70.